The van der Waals surface area contributed by atoms with Gasteiger partial charge in [0.1, 0.15) is 17.8 Å². The van der Waals surface area contributed by atoms with E-state index in [1.165, 1.54) is 0 Å². The molecule has 0 aromatic heterocycles. The number of anilines is 1. The molecule has 2 atom stereocenters. The minimum atomic E-state index is -1.56. The van der Waals surface area contributed by atoms with Gasteiger partial charge in [0.25, 0.3) is 5.91 Å². The molecule has 4 aromatic carbocycles. The largest absolute Gasteiger partial charge is 0.494 e. The second kappa shape index (κ2) is 10.1. The number of esters is 1. The fourth-order valence-electron chi connectivity index (χ4n) is 4.47. The highest BCUT2D eigenvalue weighted by Crippen LogP contribution is 2.38. The quantitative estimate of drug-likeness (QED) is 0.158. The summed E-state index contributed by atoms with van der Waals surface area (Å²) in [6.07, 6.45) is -1.22. The van der Waals surface area contributed by atoms with Crippen LogP contribution in [0.3, 0.4) is 0 Å². The number of carbonyl (C=O) groups is 4. The molecule has 184 valence electrons. The zero-order valence-electron chi connectivity index (χ0n) is 20.0. The fourth-order valence-corrected chi connectivity index (χ4v) is 4.47. The Morgan fingerprint density at radius 3 is 2.35 bits per heavy atom. The van der Waals surface area contributed by atoms with Crippen molar-refractivity contribution in [1.29, 1.82) is 0 Å². The molecule has 0 saturated heterocycles. The zero-order valence-corrected chi connectivity index (χ0v) is 20.0. The Labute approximate surface area is 213 Å². The first-order valence-electron chi connectivity index (χ1n) is 11.9. The van der Waals surface area contributed by atoms with Crippen molar-refractivity contribution in [1.82, 2.24) is 0 Å². The predicted molar refractivity (Wildman–Crippen MR) is 138 cm³/mol. The number of amides is 1. The number of hydrogen-bond donors (Lipinski definition) is 1. The highest BCUT2D eigenvalue weighted by molar-refractivity contribution is 6.45. The molecule has 1 aliphatic heterocycles. The van der Waals surface area contributed by atoms with E-state index in [1.807, 2.05) is 31.2 Å². The minimum Gasteiger partial charge on any atom is -0.494 e. The van der Waals surface area contributed by atoms with Gasteiger partial charge in [-0.15, -0.1) is 0 Å². The van der Waals surface area contributed by atoms with E-state index in [4.69, 9.17) is 9.47 Å². The molecule has 37 heavy (non-hydrogen) atoms. The van der Waals surface area contributed by atoms with Crippen LogP contribution in [0.5, 0.6) is 5.75 Å². The van der Waals surface area contributed by atoms with Crippen molar-refractivity contribution >= 4 is 39.9 Å². The summed E-state index contributed by atoms with van der Waals surface area (Å²) in [6.45, 7) is 2.35. The molecule has 0 bridgehead atoms. The van der Waals surface area contributed by atoms with Crippen LogP contribution in [0, 0.1) is 5.92 Å². The van der Waals surface area contributed by atoms with Crippen molar-refractivity contribution in [2.75, 3.05) is 11.9 Å². The van der Waals surface area contributed by atoms with E-state index < -0.39 is 35.5 Å². The van der Waals surface area contributed by atoms with E-state index in [1.54, 1.807) is 66.7 Å². The average Bonchev–Trinajstić information content (AvgIpc) is 3.25. The first-order valence-corrected chi connectivity index (χ1v) is 11.9. The maximum Gasteiger partial charge on any atom is 0.339 e. The van der Waals surface area contributed by atoms with Gasteiger partial charge in [0.05, 0.1) is 12.2 Å². The van der Waals surface area contributed by atoms with Crippen LogP contribution in [0.4, 0.5) is 5.69 Å². The van der Waals surface area contributed by atoms with E-state index in [-0.39, 0.29) is 11.1 Å². The number of carbonyl (C=O) groups excluding carboxylic acids is 4. The molecule has 4 aromatic rings. The number of fused-ring (bicyclic) bond motifs is 2. The van der Waals surface area contributed by atoms with E-state index in [9.17, 15) is 19.2 Å². The summed E-state index contributed by atoms with van der Waals surface area (Å²) < 4.78 is 10.9. The molecule has 0 radical (unpaired) electrons. The van der Waals surface area contributed by atoms with E-state index in [0.717, 1.165) is 10.8 Å². The summed E-state index contributed by atoms with van der Waals surface area (Å²) in [4.78, 5) is 53.0. The Hall–Kier alpha value is -4.78. The molecule has 7 nitrogen and oxygen atoms in total. The molecule has 0 fully saturated rings. The smallest absolute Gasteiger partial charge is 0.339 e. The number of benzene rings is 4. The lowest BCUT2D eigenvalue weighted by Gasteiger charge is -2.21. The van der Waals surface area contributed by atoms with Crippen LogP contribution in [-0.4, -0.2) is 30.0 Å². The molecule has 1 amide bonds. The minimum absolute atomic E-state index is 0.242. The van der Waals surface area contributed by atoms with E-state index in [0.29, 0.717) is 23.6 Å². The molecular weight excluding hydrogens is 470 g/mol. The molecule has 0 aliphatic carbocycles. The summed E-state index contributed by atoms with van der Waals surface area (Å²) in [5.74, 6) is -4.17. The van der Waals surface area contributed by atoms with Crippen molar-refractivity contribution in [2.24, 2.45) is 5.92 Å². The lowest BCUT2D eigenvalue weighted by molar-refractivity contribution is -0.138. The van der Waals surface area contributed by atoms with Crippen molar-refractivity contribution in [3.8, 4) is 5.75 Å². The van der Waals surface area contributed by atoms with Gasteiger partial charge in [0.2, 0.25) is 5.78 Å². The number of hydrogen-bond acceptors (Lipinski definition) is 6. The van der Waals surface area contributed by atoms with Gasteiger partial charge < -0.3 is 14.8 Å². The van der Waals surface area contributed by atoms with E-state index >= 15 is 0 Å². The number of cyclic esters (lactones) is 1. The monoisotopic (exact) mass is 493 g/mol. The molecule has 1 heterocycles. The highest BCUT2D eigenvalue weighted by Gasteiger charge is 2.46. The standard InChI is InChI=1S/C30H23NO6/c1-2-36-22-15-13-21(14-16-22)31-29(34)27(33)25(28-23-9-5-6-10-24(23)30(35)37-28)26(32)20-12-11-18-7-3-4-8-19(18)17-20/h3-17,25,28H,2H2,1H3,(H,31,34)/t25-,28+/m1/s1. The summed E-state index contributed by atoms with van der Waals surface area (Å²) in [5, 5.41) is 4.28. The summed E-state index contributed by atoms with van der Waals surface area (Å²) in [5.41, 5.74) is 1.27. The molecule has 1 N–H and O–H groups in total. The Kier molecular flexibility index (Phi) is 6.51. The number of nitrogens with one attached hydrogen (secondary N) is 1. The van der Waals surface area contributed by atoms with Crippen LogP contribution in [0.15, 0.2) is 91.0 Å². The Morgan fingerprint density at radius 1 is 0.892 bits per heavy atom. The van der Waals surface area contributed by atoms with E-state index in [2.05, 4.69) is 5.32 Å². The molecule has 5 rings (SSSR count). The molecule has 0 saturated carbocycles. The van der Waals surface area contributed by atoms with Gasteiger partial charge in [-0.2, -0.15) is 0 Å². The van der Waals surface area contributed by atoms with Crippen LogP contribution >= 0.6 is 0 Å². The van der Waals surface area contributed by atoms with Gasteiger partial charge in [-0.25, -0.2) is 4.79 Å². The van der Waals surface area contributed by atoms with Crippen molar-refractivity contribution in [2.45, 2.75) is 13.0 Å². The van der Waals surface area contributed by atoms with Gasteiger partial charge >= 0.3 is 5.97 Å². The maximum absolute atomic E-state index is 13.8. The number of ketones is 2. The second-order valence-electron chi connectivity index (χ2n) is 8.59. The van der Waals surface area contributed by atoms with Crippen molar-refractivity contribution in [3.63, 3.8) is 0 Å². The van der Waals surface area contributed by atoms with Crippen LogP contribution in [0.1, 0.15) is 39.3 Å². The van der Waals surface area contributed by atoms with Gasteiger partial charge in [-0.05, 0) is 54.1 Å². The Balaban J connectivity index is 1.49. The first-order chi connectivity index (χ1) is 18.0. The summed E-state index contributed by atoms with van der Waals surface area (Å²) >= 11 is 0. The third-order valence-corrected chi connectivity index (χ3v) is 6.27. The molecule has 0 spiro atoms. The first kappa shape index (κ1) is 23.9. The van der Waals surface area contributed by atoms with Crippen LogP contribution in [0.2, 0.25) is 0 Å². The topological polar surface area (TPSA) is 98.8 Å². The Morgan fingerprint density at radius 2 is 1.59 bits per heavy atom. The number of ether oxygens (including phenoxy) is 2. The highest BCUT2D eigenvalue weighted by atomic mass is 16.5. The molecule has 1 aliphatic rings. The normalized spacial score (nSPS) is 14.9. The SMILES string of the molecule is CCOc1ccc(NC(=O)C(=O)[C@@H](C(=O)c2ccc3ccccc3c2)[C@H]2OC(=O)c3ccccc32)cc1. The summed E-state index contributed by atoms with van der Waals surface area (Å²) in [6, 6.07) is 25.6. The van der Waals surface area contributed by atoms with Gasteiger partial charge in [-0.3, -0.25) is 14.4 Å². The zero-order chi connectivity index (χ0) is 25.9. The van der Waals surface area contributed by atoms with Crippen LogP contribution in [-0.2, 0) is 14.3 Å². The summed E-state index contributed by atoms with van der Waals surface area (Å²) in [7, 11) is 0. The van der Waals surface area contributed by atoms with Gasteiger partial charge in [0, 0.05) is 16.8 Å². The Bertz CT molecular complexity index is 1520. The number of Topliss-reactive ketones (excluding diaryl/α,β-unsaturated/α-hetero) is 2. The van der Waals surface area contributed by atoms with Crippen molar-refractivity contribution in [3.05, 3.63) is 108 Å². The molecular formula is C30H23NO6. The second-order valence-corrected chi connectivity index (χ2v) is 8.59. The van der Waals surface area contributed by atoms with Gasteiger partial charge in [-0.1, -0.05) is 54.6 Å². The average molecular weight is 494 g/mol. The predicted octanol–water partition coefficient (Wildman–Crippen LogP) is 5.16. The van der Waals surface area contributed by atoms with Crippen LogP contribution < -0.4 is 10.1 Å². The van der Waals surface area contributed by atoms with Gasteiger partial charge in [0.15, 0.2) is 5.78 Å². The third kappa shape index (κ3) is 4.71. The maximum atomic E-state index is 13.8. The van der Waals surface area contributed by atoms with Crippen LogP contribution in [0.25, 0.3) is 10.8 Å². The number of rotatable bonds is 8. The fraction of sp³-hybridized carbons (Fsp3) is 0.133. The molecule has 7 heteroatoms. The van der Waals surface area contributed by atoms with Crippen molar-refractivity contribution < 1.29 is 28.7 Å². The lowest BCUT2D eigenvalue weighted by Crippen LogP contribution is -2.38. The third-order valence-electron chi connectivity index (χ3n) is 6.27. The lowest BCUT2D eigenvalue weighted by atomic mass is 9.84. The molecule has 0 unspecified atom stereocenters.